The van der Waals surface area contributed by atoms with Gasteiger partial charge in [0.1, 0.15) is 5.58 Å². The highest BCUT2D eigenvalue weighted by atomic mass is 16.7. The van der Waals surface area contributed by atoms with Crippen LogP contribution < -0.4 is 5.73 Å². The second-order valence-corrected chi connectivity index (χ2v) is 9.41. The van der Waals surface area contributed by atoms with E-state index in [1.165, 1.54) is 17.4 Å². The van der Waals surface area contributed by atoms with E-state index in [2.05, 4.69) is 33.8 Å². The Bertz CT molecular complexity index is 862. The quantitative estimate of drug-likeness (QED) is 0.851. The van der Waals surface area contributed by atoms with Crippen molar-refractivity contribution in [1.82, 2.24) is 0 Å². The van der Waals surface area contributed by atoms with Crippen LogP contribution in [0.25, 0.3) is 11.0 Å². The third-order valence-electron chi connectivity index (χ3n) is 7.66. The Labute approximate surface area is 155 Å². The van der Waals surface area contributed by atoms with Crippen molar-refractivity contribution in [3.63, 3.8) is 0 Å². The molecule has 0 unspecified atom stereocenters. The van der Waals surface area contributed by atoms with Gasteiger partial charge in [-0.3, -0.25) is 0 Å². The topological polar surface area (TPSA) is 57.6 Å². The van der Waals surface area contributed by atoms with Gasteiger partial charge in [0.25, 0.3) is 0 Å². The summed E-state index contributed by atoms with van der Waals surface area (Å²) in [6, 6.07) is 6.14. The summed E-state index contributed by atoms with van der Waals surface area (Å²) in [6.07, 6.45) is 5.07. The van der Waals surface area contributed by atoms with Crippen molar-refractivity contribution in [2.75, 3.05) is 0 Å². The van der Waals surface area contributed by atoms with E-state index in [4.69, 9.17) is 19.5 Å². The van der Waals surface area contributed by atoms with Crippen molar-refractivity contribution in [3.05, 3.63) is 35.6 Å². The first-order valence-corrected chi connectivity index (χ1v) is 9.85. The lowest BCUT2D eigenvalue weighted by atomic mass is 9.43. The van der Waals surface area contributed by atoms with Crippen LogP contribution in [0.2, 0.25) is 0 Å². The lowest BCUT2D eigenvalue weighted by Crippen LogP contribution is -2.65. The van der Waals surface area contributed by atoms with Gasteiger partial charge < -0.3 is 19.5 Å². The summed E-state index contributed by atoms with van der Waals surface area (Å²) >= 11 is 0. The van der Waals surface area contributed by atoms with Gasteiger partial charge in [0.05, 0.1) is 18.0 Å². The molecular weight excluding hydrogens is 325 g/mol. The second-order valence-electron chi connectivity index (χ2n) is 9.41. The van der Waals surface area contributed by atoms with Gasteiger partial charge in [0.15, 0.2) is 0 Å². The number of hydrogen-bond donors (Lipinski definition) is 1. The highest BCUT2D eigenvalue weighted by Gasteiger charge is 2.68. The third kappa shape index (κ3) is 2.14. The van der Waals surface area contributed by atoms with Crippen molar-refractivity contribution in [3.8, 4) is 0 Å². The summed E-state index contributed by atoms with van der Waals surface area (Å²) < 4.78 is 18.6. The minimum Gasteiger partial charge on any atom is -0.464 e. The van der Waals surface area contributed by atoms with Crippen LogP contribution in [0.3, 0.4) is 0 Å². The molecule has 4 fully saturated rings. The number of benzene rings is 1. The van der Waals surface area contributed by atoms with Crippen LogP contribution in [0.1, 0.15) is 44.7 Å². The van der Waals surface area contributed by atoms with Crippen molar-refractivity contribution < 1.29 is 13.7 Å². The van der Waals surface area contributed by atoms with Gasteiger partial charge in [0.2, 0.25) is 0 Å². The molecule has 26 heavy (non-hydrogen) atoms. The normalized spacial score (nSPS) is 36.0. The minimum atomic E-state index is -0.339. The lowest BCUT2D eigenvalue weighted by molar-refractivity contribution is -0.199. The van der Waals surface area contributed by atoms with Crippen LogP contribution in [0.4, 0.5) is 0 Å². The van der Waals surface area contributed by atoms with Crippen molar-refractivity contribution in [2.24, 2.45) is 23.0 Å². The molecule has 4 nitrogen and oxygen atoms in total. The van der Waals surface area contributed by atoms with E-state index in [-0.39, 0.29) is 24.8 Å². The molecule has 1 aromatic heterocycles. The first kappa shape index (κ1) is 16.8. The van der Waals surface area contributed by atoms with Crippen LogP contribution in [-0.2, 0) is 15.7 Å². The van der Waals surface area contributed by atoms with E-state index in [1.54, 1.807) is 0 Å². The Balaban J connectivity index is 1.37. The Hall–Kier alpha value is -1.30. The standard InChI is InChI=1S/C21H28BNO3/c1-12-6-5-7-15-19(12)13(11-24-15)8-18(23)22-25-17-10-14-9-16(20(14,2)3)21(17,4)26-22/h5-7,11,14,16-18H,8-10,23H2,1-4H3/t14-,16-,17+,18-,21-/m0/s1. The van der Waals surface area contributed by atoms with E-state index in [0.29, 0.717) is 17.8 Å². The summed E-state index contributed by atoms with van der Waals surface area (Å²) in [7, 11) is -0.339. The average molecular weight is 353 g/mol. The molecule has 5 heteroatoms. The maximum atomic E-state index is 6.56. The largest absolute Gasteiger partial charge is 0.475 e. The Morgan fingerprint density at radius 3 is 2.85 bits per heavy atom. The van der Waals surface area contributed by atoms with Crippen LogP contribution in [-0.4, -0.2) is 24.8 Å². The molecule has 4 aliphatic rings. The molecular formula is C21H28BNO3. The second kappa shape index (κ2) is 5.37. The number of fused-ring (bicyclic) bond motifs is 1. The molecule has 0 amide bonds. The molecule has 138 valence electrons. The maximum absolute atomic E-state index is 6.56. The zero-order valence-corrected chi connectivity index (χ0v) is 16.1. The molecule has 6 rings (SSSR count). The van der Waals surface area contributed by atoms with Gasteiger partial charge in [-0.25, -0.2) is 0 Å². The molecule has 2 bridgehead atoms. The SMILES string of the molecule is Cc1cccc2occ(C[C@H](N)B3O[C@@H]4C[C@@H]5C[C@@H](C5(C)C)[C@]4(C)O3)c12. The first-order valence-electron chi connectivity index (χ1n) is 9.85. The molecule has 2 heterocycles. The van der Waals surface area contributed by atoms with E-state index in [1.807, 2.05) is 18.4 Å². The van der Waals surface area contributed by atoms with Crippen LogP contribution >= 0.6 is 0 Å². The smallest absolute Gasteiger partial charge is 0.464 e. The van der Waals surface area contributed by atoms with E-state index < -0.39 is 0 Å². The van der Waals surface area contributed by atoms with Crippen LogP contribution in [0.15, 0.2) is 28.9 Å². The predicted molar refractivity (Wildman–Crippen MR) is 103 cm³/mol. The molecule has 0 spiro atoms. The third-order valence-corrected chi connectivity index (χ3v) is 7.66. The molecule has 3 saturated carbocycles. The Kier molecular flexibility index (Phi) is 3.48. The van der Waals surface area contributed by atoms with Crippen LogP contribution in [0, 0.1) is 24.2 Å². The summed E-state index contributed by atoms with van der Waals surface area (Å²) in [5, 5.41) is 1.17. The van der Waals surface area contributed by atoms with Gasteiger partial charge in [-0.1, -0.05) is 26.0 Å². The molecule has 3 aliphatic carbocycles. The number of rotatable bonds is 3. The fourth-order valence-electron chi connectivity index (χ4n) is 5.93. The van der Waals surface area contributed by atoms with Crippen molar-refractivity contribution in [2.45, 2.75) is 64.6 Å². The molecule has 1 saturated heterocycles. The van der Waals surface area contributed by atoms with Gasteiger partial charge >= 0.3 is 7.12 Å². The van der Waals surface area contributed by atoms with Gasteiger partial charge in [-0.15, -0.1) is 0 Å². The summed E-state index contributed by atoms with van der Waals surface area (Å²) in [4.78, 5) is 0. The molecule has 1 aromatic carbocycles. The molecule has 5 atom stereocenters. The van der Waals surface area contributed by atoms with E-state index >= 15 is 0 Å². The average Bonchev–Trinajstić information content (AvgIpc) is 3.15. The summed E-state index contributed by atoms with van der Waals surface area (Å²) in [5.74, 6) is 1.12. The van der Waals surface area contributed by atoms with Gasteiger partial charge in [-0.05, 0) is 67.6 Å². The highest BCUT2D eigenvalue weighted by Crippen LogP contribution is 2.65. The lowest BCUT2D eigenvalue weighted by Gasteiger charge is -2.64. The van der Waals surface area contributed by atoms with Crippen molar-refractivity contribution >= 4 is 18.1 Å². The molecule has 2 aromatic rings. The van der Waals surface area contributed by atoms with Gasteiger partial charge in [-0.2, -0.15) is 0 Å². The fraction of sp³-hybridized carbons (Fsp3) is 0.619. The highest BCUT2D eigenvalue weighted by molar-refractivity contribution is 6.47. The summed E-state index contributed by atoms with van der Waals surface area (Å²) in [6.45, 7) is 9.11. The zero-order valence-electron chi connectivity index (χ0n) is 16.1. The van der Waals surface area contributed by atoms with E-state index in [9.17, 15) is 0 Å². The minimum absolute atomic E-state index is 0.179. The maximum Gasteiger partial charge on any atom is 0.475 e. The number of hydrogen-bond acceptors (Lipinski definition) is 4. The van der Waals surface area contributed by atoms with Crippen LogP contribution in [0.5, 0.6) is 0 Å². The van der Waals surface area contributed by atoms with Crippen molar-refractivity contribution in [1.29, 1.82) is 0 Å². The van der Waals surface area contributed by atoms with Gasteiger partial charge in [0, 0.05) is 11.3 Å². The number of aryl methyl sites for hydroxylation is 1. The fourth-order valence-corrected chi connectivity index (χ4v) is 5.93. The Morgan fingerprint density at radius 2 is 2.08 bits per heavy atom. The first-order chi connectivity index (χ1) is 12.3. The van der Waals surface area contributed by atoms with E-state index in [0.717, 1.165) is 23.5 Å². The predicted octanol–water partition coefficient (Wildman–Crippen LogP) is 3.88. The zero-order chi connectivity index (χ0) is 18.3. The number of nitrogens with two attached hydrogens (primary N) is 1. The number of furan rings is 1. The molecule has 2 N–H and O–H groups in total. The molecule has 0 radical (unpaired) electrons. The Morgan fingerprint density at radius 1 is 1.27 bits per heavy atom. The molecule has 1 aliphatic heterocycles. The monoisotopic (exact) mass is 353 g/mol. The summed E-state index contributed by atoms with van der Waals surface area (Å²) in [5.41, 5.74) is 9.99.